The fourth-order valence-corrected chi connectivity index (χ4v) is 8.56. The Morgan fingerprint density at radius 2 is 1.54 bits per heavy atom. The number of hydrogen-bond acceptors (Lipinski definition) is 3. The molecule has 1 fully saturated rings. The minimum Gasteiger partial charge on any atom is -0.407 e. The molecular formula is C22H31NO2Si. The highest BCUT2D eigenvalue weighted by atomic mass is 28.4. The van der Waals surface area contributed by atoms with Crippen molar-refractivity contribution < 1.29 is 9.16 Å². The summed E-state index contributed by atoms with van der Waals surface area (Å²) < 4.78 is 12.7. The van der Waals surface area contributed by atoms with Crippen molar-refractivity contribution in [1.82, 2.24) is 5.32 Å². The molecule has 1 N–H and O–H groups in total. The molecule has 2 atom stereocenters. The van der Waals surface area contributed by atoms with E-state index in [2.05, 4.69) is 93.7 Å². The molecule has 2 aromatic rings. The van der Waals surface area contributed by atoms with Crippen LogP contribution in [0.5, 0.6) is 0 Å². The monoisotopic (exact) mass is 369 g/mol. The highest BCUT2D eigenvalue weighted by Crippen LogP contribution is 2.36. The van der Waals surface area contributed by atoms with E-state index in [-0.39, 0.29) is 11.1 Å². The standard InChI is InChI=1S/C22H31NO2Si/c1-18-21(24-17-23-18)15-16-25-26(22(2,3)4,19-11-7-5-8-12-19)20-13-9-6-10-14-20/h5-14,18,21,23H,15-17H2,1-4H3/t18-,21-/m0/s1. The summed E-state index contributed by atoms with van der Waals surface area (Å²) in [5, 5.41) is 6.03. The lowest BCUT2D eigenvalue weighted by molar-refractivity contribution is 0.0829. The van der Waals surface area contributed by atoms with Gasteiger partial charge in [-0.3, -0.25) is 5.32 Å². The zero-order valence-electron chi connectivity index (χ0n) is 16.4. The molecule has 0 unspecified atom stereocenters. The summed E-state index contributed by atoms with van der Waals surface area (Å²) in [4.78, 5) is 0. The van der Waals surface area contributed by atoms with Crippen molar-refractivity contribution in [3.8, 4) is 0 Å². The molecule has 1 saturated heterocycles. The quantitative estimate of drug-likeness (QED) is 0.793. The van der Waals surface area contributed by atoms with Gasteiger partial charge in [-0.05, 0) is 28.8 Å². The maximum Gasteiger partial charge on any atom is 0.261 e. The number of hydrogen-bond donors (Lipinski definition) is 1. The van der Waals surface area contributed by atoms with E-state index in [1.54, 1.807) is 0 Å². The Kier molecular flexibility index (Phi) is 5.98. The fraction of sp³-hybridized carbons (Fsp3) is 0.455. The first-order chi connectivity index (χ1) is 12.4. The Hall–Kier alpha value is -1.46. The summed E-state index contributed by atoms with van der Waals surface area (Å²) in [7, 11) is -2.42. The molecule has 0 radical (unpaired) electrons. The van der Waals surface area contributed by atoms with Crippen molar-refractivity contribution in [3.63, 3.8) is 0 Å². The lowest BCUT2D eigenvalue weighted by Crippen LogP contribution is -2.66. The van der Waals surface area contributed by atoms with Crippen LogP contribution in [0.15, 0.2) is 60.7 Å². The second-order valence-electron chi connectivity index (χ2n) is 8.14. The lowest BCUT2D eigenvalue weighted by Gasteiger charge is -2.43. The van der Waals surface area contributed by atoms with Crippen LogP contribution in [0.3, 0.4) is 0 Å². The molecule has 26 heavy (non-hydrogen) atoms. The maximum absolute atomic E-state index is 6.91. The normalized spacial score (nSPS) is 21.1. The van der Waals surface area contributed by atoms with E-state index in [0.717, 1.165) is 6.42 Å². The Balaban J connectivity index is 1.95. The molecule has 1 aliphatic rings. The number of benzene rings is 2. The second kappa shape index (κ2) is 8.05. The highest BCUT2D eigenvalue weighted by Gasteiger charge is 2.50. The molecule has 3 rings (SSSR count). The van der Waals surface area contributed by atoms with Crippen LogP contribution in [-0.2, 0) is 9.16 Å². The zero-order valence-corrected chi connectivity index (χ0v) is 17.4. The second-order valence-corrected chi connectivity index (χ2v) is 12.4. The largest absolute Gasteiger partial charge is 0.407 e. The van der Waals surface area contributed by atoms with E-state index in [1.807, 2.05) is 0 Å². The van der Waals surface area contributed by atoms with Crippen LogP contribution in [0, 0.1) is 0 Å². The number of nitrogens with one attached hydrogen (secondary N) is 1. The summed E-state index contributed by atoms with van der Waals surface area (Å²) in [5.41, 5.74) is 0. The van der Waals surface area contributed by atoms with Gasteiger partial charge in [-0.1, -0.05) is 81.4 Å². The Bertz CT molecular complexity index is 645. The predicted molar refractivity (Wildman–Crippen MR) is 111 cm³/mol. The molecule has 4 heteroatoms. The molecule has 1 heterocycles. The molecule has 0 saturated carbocycles. The fourth-order valence-electron chi connectivity index (χ4n) is 3.99. The molecule has 0 spiro atoms. The van der Waals surface area contributed by atoms with Crippen LogP contribution in [0.1, 0.15) is 34.1 Å². The summed E-state index contributed by atoms with van der Waals surface area (Å²) in [5.74, 6) is 0. The van der Waals surface area contributed by atoms with Crippen molar-refractivity contribution in [2.75, 3.05) is 13.3 Å². The van der Waals surface area contributed by atoms with Gasteiger partial charge in [0, 0.05) is 12.6 Å². The first kappa shape index (κ1) is 19.3. The van der Waals surface area contributed by atoms with Gasteiger partial charge in [-0.2, -0.15) is 0 Å². The predicted octanol–water partition coefficient (Wildman–Crippen LogP) is 3.29. The highest BCUT2D eigenvalue weighted by molar-refractivity contribution is 6.99. The van der Waals surface area contributed by atoms with Gasteiger partial charge in [0.1, 0.15) is 0 Å². The number of rotatable bonds is 6. The smallest absolute Gasteiger partial charge is 0.261 e. The van der Waals surface area contributed by atoms with Gasteiger partial charge in [0.2, 0.25) is 0 Å². The third-order valence-corrected chi connectivity index (χ3v) is 10.4. The van der Waals surface area contributed by atoms with Crippen LogP contribution >= 0.6 is 0 Å². The lowest BCUT2D eigenvalue weighted by atomic mass is 10.1. The SMILES string of the molecule is C[C@@H]1NCO[C@H]1CCO[Si](c1ccccc1)(c1ccccc1)C(C)(C)C. The molecular weight excluding hydrogens is 338 g/mol. The van der Waals surface area contributed by atoms with E-state index in [0.29, 0.717) is 19.4 Å². The molecule has 0 bridgehead atoms. The van der Waals surface area contributed by atoms with Gasteiger partial charge in [-0.25, -0.2) is 0 Å². The van der Waals surface area contributed by atoms with Gasteiger partial charge in [0.15, 0.2) is 0 Å². The van der Waals surface area contributed by atoms with Gasteiger partial charge in [0.05, 0.1) is 12.8 Å². The molecule has 2 aromatic carbocycles. The first-order valence-electron chi connectivity index (χ1n) is 9.55. The third-order valence-electron chi connectivity index (χ3n) is 5.40. The van der Waals surface area contributed by atoms with Gasteiger partial charge >= 0.3 is 0 Å². The summed E-state index contributed by atoms with van der Waals surface area (Å²) in [6.07, 6.45) is 1.15. The molecule has 0 aliphatic carbocycles. The zero-order chi connectivity index (χ0) is 18.6. The van der Waals surface area contributed by atoms with Crippen LogP contribution in [0.2, 0.25) is 5.04 Å². The van der Waals surface area contributed by atoms with Crippen molar-refractivity contribution in [1.29, 1.82) is 0 Å². The van der Waals surface area contributed by atoms with E-state index >= 15 is 0 Å². The minimum absolute atomic E-state index is 0.0239. The first-order valence-corrected chi connectivity index (χ1v) is 11.5. The topological polar surface area (TPSA) is 30.5 Å². The summed E-state index contributed by atoms with van der Waals surface area (Å²) in [6, 6.07) is 22.0. The van der Waals surface area contributed by atoms with Gasteiger partial charge in [0.25, 0.3) is 8.32 Å². The van der Waals surface area contributed by atoms with Gasteiger partial charge in [-0.15, -0.1) is 0 Å². The Morgan fingerprint density at radius 1 is 1.00 bits per heavy atom. The van der Waals surface area contributed by atoms with Crippen LogP contribution < -0.4 is 15.7 Å². The van der Waals surface area contributed by atoms with E-state index < -0.39 is 8.32 Å². The van der Waals surface area contributed by atoms with Crippen LogP contribution in [0.25, 0.3) is 0 Å². The average Bonchev–Trinajstić information content (AvgIpc) is 3.04. The third kappa shape index (κ3) is 3.79. The molecule has 3 nitrogen and oxygen atoms in total. The van der Waals surface area contributed by atoms with Crippen LogP contribution in [-0.4, -0.2) is 33.8 Å². The van der Waals surface area contributed by atoms with Crippen molar-refractivity contribution in [2.45, 2.75) is 51.3 Å². The van der Waals surface area contributed by atoms with Gasteiger partial charge < -0.3 is 9.16 Å². The minimum atomic E-state index is -2.42. The molecule has 0 amide bonds. The van der Waals surface area contributed by atoms with E-state index in [4.69, 9.17) is 9.16 Å². The Morgan fingerprint density at radius 3 is 1.96 bits per heavy atom. The van der Waals surface area contributed by atoms with Crippen molar-refractivity contribution in [3.05, 3.63) is 60.7 Å². The summed E-state index contributed by atoms with van der Waals surface area (Å²) in [6.45, 7) is 10.5. The van der Waals surface area contributed by atoms with E-state index in [1.165, 1.54) is 10.4 Å². The summed E-state index contributed by atoms with van der Waals surface area (Å²) >= 11 is 0. The van der Waals surface area contributed by atoms with Crippen LogP contribution in [0.4, 0.5) is 0 Å². The van der Waals surface area contributed by atoms with Crippen molar-refractivity contribution >= 4 is 18.7 Å². The average molecular weight is 370 g/mol. The van der Waals surface area contributed by atoms with E-state index in [9.17, 15) is 0 Å². The molecule has 0 aromatic heterocycles. The maximum atomic E-state index is 6.91. The van der Waals surface area contributed by atoms with Crippen molar-refractivity contribution in [2.24, 2.45) is 0 Å². The molecule has 1 aliphatic heterocycles. The molecule has 140 valence electrons. The Labute approximate surface area is 158 Å². The number of ether oxygens (including phenoxy) is 1.